The molecule has 4 heteroatoms. The Morgan fingerprint density at radius 2 is 1.65 bits per heavy atom. The fourth-order valence-corrected chi connectivity index (χ4v) is 2.82. The van der Waals surface area contributed by atoms with Crippen molar-refractivity contribution in [3.05, 3.63) is 58.1 Å². The molecule has 0 unspecified atom stereocenters. The molecular formula is C16H11Cl2NO. The molecule has 1 aromatic heterocycles. The van der Waals surface area contributed by atoms with Gasteiger partial charge in [0.2, 0.25) is 0 Å². The van der Waals surface area contributed by atoms with Crippen molar-refractivity contribution in [1.82, 2.24) is 4.57 Å². The summed E-state index contributed by atoms with van der Waals surface area (Å²) in [6.45, 7) is 0. The van der Waals surface area contributed by atoms with E-state index in [-0.39, 0.29) is 0 Å². The molecule has 2 nitrogen and oxygen atoms in total. The molecule has 0 aliphatic heterocycles. The second kappa shape index (κ2) is 4.97. The number of carbonyl (C=O) groups excluding carboxylic acids is 1. The zero-order valence-corrected chi connectivity index (χ0v) is 12.2. The zero-order valence-electron chi connectivity index (χ0n) is 10.7. The Hall–Kier alpha value is -1.77. The van der Waals surface area contributed by atoms with Crippen molar-refractivity contribution in [3.63, 3.8) is 0 Å². The van der Waals surface area contributed by atoms with Crippen LogP contribution in [0.2, 0.25) is 10.0 Å². The van der Waals surface area contributed by atoms with Crippen LogP contribution in [0.25, 0.3) is 22.2 Å². The molecule has 0 spiro atoms. The lowest BCUT2D eigenvalue weighted by Crippen LogP contribution is -1.93. The summed E-state index contributed by atoms with van der Waals surface area (Å²) in [5.41, 5.74) is 3.44. The van der Waals surface area contributed by atoms with E-state index in [1.54, 1.807) is 0 Å². The van der Waals surface area contributed by atoms with Crippen LogP contribution in [0.5, 0.6) is 0 Å². The van der Waals surface area contributed by atoms with Crippen molar-refractivity contribution in [2.45, 2.75) is 0 Å². The van der Waals surface area contributed by atoms with Crippen LogP contribution in [0.3, 0.4) is 0 Å². The van der Waals surface area contributed by atoms with Gasteiger partial charge in [-0.1, -0.05) is 35.3 Å². The molecule has 0 N–H and O–H groups in total. The number of halogens is 2. The van der Waals surface area contributed by atoms with E-state index in [9.17, 15) is 4.79 Å². The van der Waals surface area contributed by atoms with Gasteiger partial charge in [-0.2, -0.15) is 0 Å². The molecule has 0 aliphatic rings. The number of benzene rings is 2. The second-order valence-corrected chi connectivity index (χ2v) is 5.48. The molecule has 1 heterocycles. The highest BCUT2D eigenvalue weighted by Crippen LogP contribution is 2.33. The minimum absolute atomic E-state index is 0.619. The second-order valence-electron chi connectivity index (χ2n) is 4.61. The van der Waals surface area contributed by atoms with Crippen LogP contribution in [0.1, 0.15) is 10.4 Å². The lowest BCUT2D eigenvalue weighted by atomic mass is 10.1. The Morgan fingerprint density at radius 3 is 2.30 bits per heavy atom. The Labute approximate surface area is 126 Å². The topological polar surface area (TPSA) is 22.0 Å². The number of hydrogen-bond acceptors (Lipinski definition) is 1. The summed E-state index contributed by atoms with van der Waals surface area (Å²) in [6.07, 6.45) is 0.878. The summed E-state index contributed by atoms with van der Waals surface area (Å²) in [7, 11) is 1.94. The third kappa shape index (κ3) is 2.01. The van der Waals surface area contributed by atoms with E-state index >= 15 is 0 Å². The number of aldehydes is 1. The number of nitrogens with zero attached hydrogens (tertiary/aromatic N) is 1. The summed E-state index contributed by atoms with van der Waals surface area (Å²) in [5.74, 6) is 0. The first-order valence-corrected chi connectivity index (χ1v) is 6.86. The molecule has 0 saturated carbocycles. The van der Waals surface area contributed by atoms with E-state index < -0.39 is 0 Å². The van der Waals surface area contributed by atoms with Gasteiger partial charge in [0.1, 0.15) is 0 Å². The molecule has 0 atom stereocenters. The van der Waals surface area contributed by atoms with Crippen LogP contribution in [0.15, 0.2) is 42.5 Å². The van der Waals surface area contributed by atoms with Gasteiger partial charge in [-0.3, -0.25) is 4.79 Å². The van der Waals surface area contributed by atoms with E-state index in [2.05, 4.69) is 0 Å². The van der Waals surface area contributed by atoms with Gasteiger partial charge in [-0.25, -0.2) is 0 Å². The molecule has 0 bridgehead atoms. The lowest BCUT2D eigenvalue weighted by Gasteiger charge is -2.05. The maximum absolute atomic E-state index is 11.5. The summed E-state index contributed by atoms with van der Waals surface area (Å²) >= 11 is 12.0. The molecule has 0 amide bonds. The van der Waals surface area contributed by atoms with Gasteiger partial charge in [0, 0.05) is 33.6 Å². The maximum atomic E-state index is 11.5. The molecule has 100 valence electrons. The van der Waals surface area contributed by atoms with Crippen molar-refractivity contribution in [2.75, 3.05) is 0 Å². The van der Waals surface area contributed by atoms with Crippen LogP contribution in [-0.4, -0.2) is 10.9 Å². The zero-order chi connectivity index (χ0) is 14.3. The number of aryl methyl sites for hydroxylation is 1. The Kier molecular flexibility index (Phi) is 3.28. The molecular weight excluding hydrogens is 293 g/mol. The highest BCUT2D eigenvalue weighted by molar-refractivity contribution is 6.31. The first-order valence-electron chi connectivity index (χ1n) is 6.11. The molecule has 2 aromatic carbocycles. The van der Waals surface area contributed by atoms with E-state index in [4.69, 9.17) is 23.2 Å². The van der Waals surface area contributed by atoms with Crippen molar-refractivity contribution in [1.29, 1.82) is 0 Å². The average molecular weight is 304 g/mol. The molecule has 0 radical (unpaired) electrons. The number of hydrogen-bond donors (Lipinski definition) is 0. The summed E-state index contributed by atoms with van der Waals surface area (Å²) in [4.78, 5) is 11.5. The summed E-state index contributed by atoms with van der Waals surface area (Å²) < 4.78 is 2.00. The largest absolute Gasteiger partial charge is 0.343 e. The van der Waals surface area contributed by atoms with E-state index in [1.807, 2.05) is 54.1 Å². The normalized spacial score (nSPS) is 10.9. The SMILES string of the molecule is Cn1c(-c2ccc(Cl)cc2)c(C=O)c2cc(Cl)ccc21. The van der Waals surface area contributed by atoms with Gasteiger partial charge in [-0.05, 0) is 35.9 Å². The molecule has 3 rings (SSSR count). The minimum atomic E-state index is 0.619. The van der Waals surface area contributed by atoms with Gasteiger partial charge in [-0.15, -0.1) is 0 Å². The standard InChI is InChI=1S/C16H11Cl2NO/c1-19-15-7-6-12(18)8-13(15)14(9-20)16(19)10-2-4-11(17)5-3-10/h2-9H,1H3. The van der Waals surface area contributed by atoms with Gasteiger partial charge in [0.15, 0.2) is 6.29 Å². The fraction of sp³-hybridized carbons (Fsp3) is 0.0625. The lowest BCUT2D eigenvalue weighted by molar-refractivity contribution is 0.112. The Morgan fingerprint density at radius 1 is 1.00 bits per heavy atom. The van der Waals surface area contributed by atoms with Crippen molar-refractivity contribution < 1.29 is 4.79 Å². The quantitative estimate of drug-likeness (QED) is 0.613. The first kappa shape index (κ1) is 13.2. The summed E-state index contributed by atoms with van der Waals surface area (Å²) in [5, 5.41) is 2.15. The Balaban J connectivity index is 2.37. The van der Waals surface area contributed by atoms with Crippen LogP contribution in [0, 0.1) is 0 Å². The smallest absolute Gasteiger partial charge is 0.152 e. The highest BCUT2D eigenvalue weighted by Gasteiger charge is 2.16. The summed E-state index contributed by atoms with van der Waals surface area (Å²) in [6, 6.07) is 13.0. The van der Waals surface area contributed by atoms with Crippen LogP contribution >= 0.6 is 23.2 Å². The van der Waals surface area contributed by atoms with Crippen LogP contribution < -0.4 is 0 Å². The number of aromatic nitrogens is 1. The third-order valence-corrected chi connectivity index (χ3v) is 3.92. The highest BCUT2D eigenvalue weighted by atomic mass is 35.5. The van der Waals surface area contributed by atoms with Gasteiger partial charge in [0.05, 0.1) is 5.69 Å². The van der Waals surface area contributed by atoms with E-state index in [0.29, 0.717) is 15.6 Å². The van der Waals surface area contributed by atoms with Crippen molar-refractivity contribution in [2.24, 2.45) is 7.05 Å². The Bertz CT molecular complexity index is 803. The molecule has 20 heavy (non-hydrogen) atoms. The predicted octanol–water partition coefficient (Wildman–Crippen LogP) is 4.96. The molecule has 0 fully saturated rings. The predicted molar refractivity (Wildman–Crippen MR) is 83.8 cm³/mol. The van der Waals surface area contributed by atoms with E-state index in [1.165, 1.54) is 0 Å². The molecule has 0 saturated heterocycles. The van der Waals surface area contributed by atoms with Crippen molar-refractivity contribution >= 4 is 40.4 Å². The van der Waals surface area contributed by atoms with Gasteiger partial charge < -0.3 is 4.57 Å². The fourth-order valence-electron chi connectivity index (χ4n) is 2.52. The first-order chi connectivity index (χ1) is 9.61. The maximum Gasteiger partial charge on any atom is 0.152 e. The monoisotopic (exact) mass is 303 g/mol. The number of rotatable bonds is 2. The van der Waals surface area contributed by atoms with Gasteiger partial charge in [0.25, 0.3) is 0 Å². The molecule has 3 aromatic rings. The minimum Gasteiger partial charge on any atom is -0.343 e. The van der Waals surface area contributed by atoms with Crippen molar-refractivity contribution in [3.8, 4) is 11.3 Å². The van der Waals surface area contributed by atoms with E-state index in [0.717, 1.165) is 28.4 Å². The van der Waals surface area contributed by atoms with Crippen LogP contribution in [0.4, 0.5) is 0 Å². The third-order valence-electron chi connectivity index (χ3n) is 3.44. The average Bonchev–Trinajstić information content (AvgIpc) is 2.72. The number of carbonyl (C=O) groups is 1. The molecule has 0 aliphatic carbocycles. The van der Waals surface area contributed by atoms with Crippen LogP contribution in [-0.2, 0) is 7.05 Å². The van der Waals surface area contributed by atoms with Gasteiger partial charge >= 0.3 is 0 Å². The number of fused-ring (bicyclic) bond motifs is 1.